The highest BCUT2D eigenvalue weighted by molar-refractivity contribution is 8.00. The number of allylic oxidation sites excluding steroid dienone is 8. The van der Waals surface area contributed by atoms with Gasteiger partial charge in [0.1, 0.15) is 5.25 Å². The quantitative estimate of drug-likeness (QED) is 0.210. The molecule has 0 aliphatic rings. The molecular weight excluding hydrogens is 316 g/mol. The fourth-order valence-electron chi connectivity index (χ4n) is 1.96. The molecule has 0 heterocycles. The molecule has 2 nitrogen and oxygen atoms in total. The second-order valence-electron chi connectivity index (χ2n) is 5.31. The van der Waals surface area contributed by atoms with E-state index in [0.717, 1.165) is 44.3 Å². The standard InChI is InChI=1S/C21H34O2S/c1-4-7-8-9-10-11-12-13-14-15-16-17-18-19-24-20(5-2)21(22)23-6-3/h7-8,10-11,13-14,16-17,20H,4-6,9,12,15,18-19H2,1-3H3. The van der Waals surface area contributed by atoms with Gasteiger partial charge in [0.25, 0.3) is 0 Å². The van der Waals surface area contributed by atoms with Crippen molar-refractivity contribution in [1.29, 1.82) is 0 Å². The predicted octanol–water partition coefficient (Wildman–Crippen LogP) is 6.26. The number of ether oxygens (including phenoxy) is 1. The number of thioether (sulfide) groups is 1. The molecule has 0 saturated heterocycles. The highest BCUT2D eigenvalue weighted by Gasteiger charge is 2.16. The van der Waals surface area contributed by atoms with Crippen LogP contribution in [0.3, 0.4) is 0 Å². The van der Waals surface area contributed by atoms with Gasteiger partial charge in [-0.25, -0.2) is 0 Å². The van der Waals surface area contributed by atoms with Crippen LogP contribution in [0.15, 0.2) is 48.6 Å². The van der Waals surface area contributed by atoms with Crippen molar-refractivity contribution in [3.05, 3.63) is 48.6 Å². The van der Waals surface area contributed by atoms with Crippen LogP contribution in [0.1, 0.15) is 59.3 Å². The normalized spacial score (nSPS) is 13.6. The zero-order chi connectivity index (χ0) is 17.9. The van der Waals surface area contributed by atoms with Crippen molar-refractivity contribution in [2.75, 3.05) is 12.4 Å². The van der Waals surface area contributed by atoms with Gasteiger partial charge in [0.15, 0.2) is 0 Å². The molecule has 0 spiro atoms. The van der Waals surface area contributed by atoms with Crippen LogP contribution in [0.4, 0.5) is 0 Å². The van der Waals surface area contributed by atoms with E-state index in [2.05, 4.69) is 55.5 Å². The number of rotatable bonds is 14. The van der Waals surface area contributed by atoms with Gasteiger partial charge >= 0.3 is 5.97 Å². The molecule has 0 fully saturated rings. The molecule has 0 saturated carbocycles. The Kier molecular flexibility index (Phi) is 17.2. The predicted molar refractivity (Wildman–Crippen MR) is 108 cm³/mol. The van der Waals surface area contributed by atoms with E-state index >= 15 is 0 Å². The molecule has 24 heavy (non-hydrogen) atoms. The maximum absolute atomic E-state index is 11.7. The second-order valence-corrected chi connectivity index (χ2v) is 6.62. The summed E-state index contributed by atoms with van der Waals surface area (Å²) >= 11 is 1.69. The SMILES string of the molecule is CCC=CCC=CCC=CCC=CCCSC(CC)C(=O)OCC. The average molecular weight is 351 g/mol. The first-order chi connectivity index (χ1) is 11.8. The lowest BCUT2D eigenvalue weighted by molar-refractivity contribution is -0.142. The minimum absolute atomic E-state index is 0.0165. The molecule has 0 amide bonds. The van der Waals surface area contributed by atoms with Crippen LogP contribution in [-0.4, -0.2) is 23.6 Å². The average Bonchev–Trinajstić information content (AvgIpc) is 2.58. The van der Waals surface area contributed by atoms with Crippen LogP contribution in [-0.2, 0) is 9.53 Å². The first kappa shape index (κ1) is 22.8. The number of hydrogen-bond acceptors (Lipinski definition) is 3. The second kappa shape index (κ2) is 18.1. The van der Waals surface area contributed by atoms with Crippen LogP contribution in [0.5, 0.6) is 0 Å². The minimum atomic E-state index is -0.0739. The van der Waals surface area contributed by atoms with Gasteiger partial charge in [-0.3, -0.25) is 4.79 Å². The molecule has 0 radical (unpaired) electrons. The van der Waals surface area contributed by atoms with Crippen molar-refractivity contribution in [2.24, 2.45) is 0 Å². The molecule has 0 aromatic rings. The first-order valence-corrected chi connectivity index (χ1v) is 10.2. The smallest absolute Gasteiger partial charge is 0.319 e. The van der Waals surface area contributed by atoms with E-state index in [4.69, 9.17) is 4.74 Å². The van der Waals surface area contributed by atoms with Gasteiger partial charge in [-0.1, -0.05) is 62.5 Å². The maximum atomic E-state index is 11.7. The van der Waals surface area contributed by atoms with Gasteiger partial charge in [-0.05, 0) is 51.2 Å². The summed E-state index contributed by atoms with van der Waals surface area (Å²) in [4.78, 5) is 11.7. The Hall–Kier alpha value is -1.22. The Morgan fingerprint density at radius 2 is 1.42 bits per heavy atom. The van der Waals surface area contributed by atoms with E-state index in [1.54, 1.807) is 11.8 Å². The van der Waals surface area contributed by atoms with Crippen molar-refractivity contribution in [3.8, 4) is 0 Å². The molecule has 0 aliphatic carbocycles. The molecule has 0 bridgehead atoms. The summed E-state index contributed by atoms with van der Waals surface area (Å²) in [6.45, 7) is 6.50. The van der Waals surface area contributed by atoms with Crippen LogP contribution >= 0.6 is 11.8 Å². The van der Waals surface area contributed by atoms with Crippen molar-refractivity contribution in [3.63, 3.8) is 0 Å². The first-order valence-electron chi connectivity index (χ1n) is 9.14. The zero-order valence-corrected chi connectivity index (χ0v) is 16.4. The van der Waals surface area contributed by atoms with Crippen LogP contribution in [0, 0.1) is 0 Å². The molecule has 0 aliphatic heterocycles. The third-order valence-corrected chi connectivity index (χ3v) is 4.64. The van der Waals surface area contributed by atoms with E-state index in [0.29, 0.717) is 6.61 Å². The summed E-state index contributed by atoms with van der Waals surface area (Å²) < 4.78 is 5.07. The molecule has 136 valence electrons. The van der Waals surface area contributed by atoms with E-state index in [1.807, 2.05) is 13.8 Å². The number of carbonyl (C=O) groups excluding carboxylic acids is 1. The molecule has 1 atom stereocenters. The van der Waals surface area contributed by atoms with Crippen LogP contribution in [0.25, 0.3) is 0 Å². The lowest BCUT2D eigenvalue weighted by atomic mass is 10.2. The van der Waals surface area contributed by atoms with E-state index in [1.165, 1.54) is 0 Å². The lowest BCUT2D eigenvalue weighted by Gasteiger charge is -2.12. The zero-order valence-electron chi connectivity index (χ0n) is 15.6. The van der Waals surface area contributed by atoms with E-state index in [9.17, 15) is 4.79 Å². The van der Waals surface area contributed by atoms with Crippen molar-refractivity contribution >= 4 is 17.7 Å². The molecule has 1 unspecified atom stereocenters. The van der Waals surface area contributed by atoms with Gasteiger partial charge in [-0.15, -0.1) is 11.8 Å². The minimum Gasteiger partial charge on any atom is -0.465 e. The monoisotopic (exact) mass is 350 g/mol. The Morgan fingerprint density at radius 3 is 1.92 bits per heavy atom. The van der Waals surface area contributed by atoms with Crippen LogP contribution in [0.2, 0.25) is 0 Å². The van der Waals surface area contributed by atoms with Gasteiger partial charge < -0.3 is 4.74 Å². The third-order valence-electron chi connectivity index (χ3n) is 3.24. The summed E-state index contributed by atoms with van der Waals surface area (Å²) in [6, 6.07) is 0. The van der Waals surface area contributed by atoms with E-state index in [-0.39, 0.29) is 11.2 Å². The fraction of sp³-hybridized carbons (Fsp3) is 0.571. The number of esters is 1. The lowest BCUT2D eigenvalue weighted by Crippen LogP contribution is -2.19. The van der Waals surface area contributed by atoms with Crippen molar-refractivity contribution in [2.45, 2.75) is 64.5 Å². The summed E-state index contributed by atoms with van der Waals surface area (Å²) in [5.41, 5.74) is 0. The summed E-state index contributed by atoms with van der Waals surface area (Å²) in [7, 11) is 0. The largest absolute Gasteiger partial charge is 0.465 e. The molecular formula is C21H34O2S. The number of hydrogen-bond donors (Lipinski definition) is 0. The Balaban J connectivity index is 3.66. The van der Waals surface area contributed by atoms with Gasteiger partial charge in [-0.2, -0.15) is 0 Å². The summed E-state index contributed by atoms with van der Waals surface area (Å²) in [5.74, 6) is 0.890. The van der Waals surface area contributed by atoms with Crippen molar-refractivity contribution < 1.29 is 9.53 Å². The molecule has 3 heteroatoms. The molecule has 0 N–H and O–H groups in total. The molecule has 0 aromatic heterocycles. The highest BCUT2D eigenvalue weighted by atomic mass is 32.2. The van der Waals surface area contributed by atoms with Crippen LogP contribution < -0.4 is 0 Å². The summed E-state index contributed by atoms with van der Waals surface area (Å²) in [5, 5.41) is -0.0165. The highest BCUT2D eigenvalue weighted by Crippen LogP contribution is 2.17. The number of carbonyl (C=O) groups is 1. The molecule has 0 rings (SSSR count). The van der Waals surface area contributed by atoms with Gasteiger partial charge in [0.2, 0.25) is 0 Å². The Bertz CT molecular complexity index is 408. The maximum Gasteiger partial charge on any atom is 0.319 e. The third kappa shape index (κ3) is 14.4. The topological polar surface area (TPSA) is 26.3 Å². The van der Waals surface area contributed by atoms with Gasteiger partial charge in [0, 0.05) is 0 Å². The van der Waals surface area contributed by atoms with Gasteiger partial charge in [0.05, 0.1) is 6.61 Å². The molecule has 0 aromatic carbocycles. The van der Waals surface area contributed by atoms with Crippen molar-refractivity contribution in [1.82, 2.24) is 0 Å². The van der Waals surface area contributed by atoms with E-state index < -0.39 is 0 Å². The summed E-state index contributed by atoms with van der Waals surface area (Å²) in [6.07, 6.45) is 23.5. The Labute approximate surface area is 153 Å². The fourth-order valence-corrected chi connectivity index (χ4v) is 2.96. The Morgan fingerprint density at radius 1 is 0.875 bits per heavy atom.